The first-order chi connectivity index (χ1) is 15.1. The summed E-state index contributed by atoms with van der Waals surface area (Å²) in [6.07, 6.45) is 0. The minimum Gasteiger partial charge on any atom is -0.438 e. The van der Waals surface area contributed by atoms with Crippen LogP contribution in [0.1, 0.15) is 26.4 Å². The Hall–Kier alpha value is -4.39. The zero-order valence-electron chi connectivity index (χ0n) is 16.2. The van der Waals surface area contributed by atoms with Gasteiger partial charge < -0.3 is 10.1 Å². The molecule has 31 heavy (non-hydrogen) atoms. The number of carbonyl (C=O) groups is 2. The van der Waals surface area contributed by atoms with E-state index in [4.69, 9.17) is 4.74 Å². The molecule has 1 N–H and O–H groups in total. The van der Waals surface area contributed by atoms with Crippen LogP contribution in [0, 0.1) is 5.82 Å². The molecule has 0 saturated heterocycles. The maximum atomic E-state index is 13.0. The van der Waals surface area contributed by atoms with Crippen molar-refractivity contribution in [3.05, 3.63) is 114 Å². The van der Waals surface area contributed by atoms with E-state index in [9.17, 15) is 14.0 Å². The second-order valence-electron chi connectivity index (χ2n) is 6.54. The second-order valence-corrected chi connectivity index (χ2v) is 6.54. The maximum Gasteiger partial charge on any atom is 0.276 e. The molecule has 0 aliphatic heterocycles. The van der Waals surface area contributed by atoms with Gasteiger partial charge in [-0.1, -0.05) is 18.2 Å². The molecule has 1 amide bonds. The van der Waals surface area contributed by atoms with Crippen LogP contribution in [0.5, 0.6) is 11.6 Å². The lowest BCUT2D eigenvalue weighted by atomic mass is 10.0. The molecule has 4 aromatic rings. The first kappa shape index (κ1) is 19.9. The highest BCUT2D eigenvalue weighted by molar-refractivity contribution is 6.09. The van der Waals surface area contributed by atoms with E-state index in [1.807, 2.05) is 18.2 Å². The lowest BCUT2D eigenvalue weighted by Gasteiger charge is -2.07. The number of rotatable bonds is 6. The molecule has 0 fully saturated rings. The maximum absolute atomic E-state index is 13.0. The van der Waals surface area contributed by atoms with E-state index in [0.717, 1.165) is 0 Å². The fourth-order valence-corrected chi connectivity index (χ4v) is 2.78. The van der Waals surface area contributed by atoms with Crippen LogP contribution in [0.4, 0.5) is 10.1 Å². The highest BCUT2D eigenvalue weighted by Crippen LogP contribution is 2.21. The summed E-state index contributed by atoms with van der Waals surface area (Å²) >= 11 is 0. The number of ketones is 1. The minimum atomic E-state index is -0.398. The number of benzene rings is 3. The molecule has 4 rings (SSSR count). The molecule has 0 bridgehead atoms. The van der Waals surface area contributed by atoms with Gasteiger partial charge in [-0.25, -0.2) is 4.39 Å². The van der Waals surface area contributed by atoms with Gasteiger partial charge in [0.25, 0.3) is 5.91 Å². The molecular formula is C24H16FN3O3. The molecule has 0 saturated carbocycles. The minimum absolute atomic E-state index is 0.149. The molecule has 0 atom stereocenters. The Kier molecular flexibility index (Phi) is 5.75. The summed E-state index contributed by atoms with van der Waals surface area (Å²) in [4.78, 5) is 24.6. The predicted octanol–water partition coefficient (Wildman–Crippen LogP) is 4.89. The molecule has 0 unspecified atom stereocenters. The lowest BCUT2D eigenvalue weighted by molar-refractivity contribution is 0.101. The van der Waals surface area contributed by atoms with Crippen LogP contribution in [-0.2, 0) is 0 Å². The summed E-state index contributed by atoms with van der Waals surface area (Å²) in [5, 5.41) is 10.5. The number of anilines is 1. The fraction of sp³-hybridized carbons (Fsp3) is 0. The average molecular weight is 413 g/mol. The molecule has 0 spiro atoms. The molecule has 6 nitrogen and oxygen atoms in total. The van der Waals surface area contributed by atoms with Gasteiger partial charge in [0.1, 0.15) is 11.6 Å². The number of halogens is 1. The van der Waals surface area contributed by atoms with Gasteiger partial charge in [0.05, 0.1) is 0 Å². The van der Waals surface area contributed by atoms with E-state index in [-0.39, 0.29) is 23.3 Å². The Morgan fingerprint density at radius 2 is 1.39 bits per heavy atom. The standard InChI is InChI=1S/C24H16FN3O3/c25-18-10-6-16(7-11-18)23(29)17-8-12-20(13-9-17)31-22-15-14-21(27-28-22)24(30)26-19-4-2-1-3-5-19/h1-15H,(H,26,30). The number of nitrogens with zero attached hydrogens (tertiary/aromatic N) is 2. The molecule has 0 aliphatic carbocycles. The van der Waals surface area contributed by atoms with Crippen LogP contribution >= 0.6 is 0 Å². The summed E-state index contributed by atoms with van der Waals surface area (Å²) in [6, 6.07) is 23.9. The molecule has 0 aliphatic rings. The van der Waals surface area contributed by atoms with Gasteiger partial charge >= 0.3 is 0 Å². The lowest BCUT2D eigenvalue weighted by Crippen LogP contribution is -2.14. The number of ether oxygens (including phenoxy) is 1. The number of carbonyl (C=O) groups excluding carboxylic acids is 2. The zero-order valence-corrected chi connectivity index (χ0v) is 16.2. The van der Waals surface area contributed by atoms with Crippen molar-refractivity contribution in [2.45, 2.75) is 0 Å². The number of nitrogens with one attached hydrogen (secondary N) is 1. The van der Waals surface area contributed by atoms with Gasteiger partial charge in [0.2, 0.25) is 5.88 Å². The van der Waals surface area contributed by atoms with Gasteiger partial charge in [0.15, 0.2) is 11.5 Å². The van der Waals surface area contributed by atoms with Crippen molar-refractivity contribution in [3.8, 4) is 11.6 Å². The highest BCUT2D eigenvalue weighted by atomic mass is 19.1. The highest BCUT2D eigenvalue weighted by Gasteiger charge is 2.11. The molecule has 152 valence electrons. The van der Waals surface area contributed by atoms with Crippen molar-refractivity contribution in [2.75, 3.05) is 5.32 Å². The first-order valence-corrected chi connectivity index (χ1v) is 9.37. The Bertz CT molecular complexity index is 1190. The van der Waals surface area contributed by atoms with Gasteiger partial charge in [-0.15, -0.1) is 10.2 Å². The second kappa shape index (κ2) is 8.96. The van der Waals surface area contributed by atoms with E-state index in [1.165, 1.54) is 36.4 Å². The topological polar surface area (TPSA) is 81.2 Å². The number of hydrogen-bond acceptors (Lipinski definition) is 5. The Morgan fingerprint density at radius 3 is 2.00 bits per heavy atom. The van der Waals surface area contributed by atoms with Crippen LogP contribution in [-0.4, -0.2) is 21.9 Å². The van der Waals surface area contributed by atoms with Gasteiger partial charge in [-0.3, -0.25) is 9.59 Å². The normalized spacial score (nSPS) is 10.4. The van der Waals surface area contributed by atoms with Crippen molar-refractivity contribution in [3.63, 3.8) is 0 Å². The van der Waals surface area contributed by atoms with Crippen molar-refractivity contribution in [1.29, 1.82) is 0 Å². The number of para-hydroxylation sites is 1. The van der Waals surface area contributed by atoms with Gasteiger partial charge in [-0.05, 0) is 66.7 Å². The van der Waals surface area contributed by atoms with E-state index in [2.05, 4.69) is 15.5 Å². The molecule has 0 radical (unpaired) electrons. The molecule has 7 heteroatoms. The quantitative estimate of drug-likeness (QED) is 0.455. The van der Waals surface area contributed by atoms with Crippen LogP contribution in [0.15, 0.2) is 91.0 Å². The van der Waals surface area contributed by atoms with E-state index >= 15 is 0 Å². The summed E-state index contributed by atoms with van der Waals surface area (Å²) in [5.74, 6) is -0.348. The van der Waals surface area contributed by atoms with Gasteiger partial charge in [0, 0.05) is 22.9 Å². The van der Waals surface area contributed by atoms with Crippen LogP contribution < -0.4 is 10.1 Å². The van der Waals surface area contributed by atoms with Crippen molar-refractivity contribution in [1.82, 2.24) is 10.2 Å². The molecular weight excluding hydrogens is 397 g/mol. The van der Waals surface area contributed by atoms with Crippen molar-refractivity contribution >= 4 is 17.4 Å². The summed E-state index contributed by atoms with van der Waals surface area (Å²) in [7, 11) is 0. The van der Waals surface area contributed by atoms with Gasteiger partial charge in [-0.2, -0.15) is 0 Å². The van der Waals surface area contributed by atoms with E-state index < -0.39 is 5.82 Å². The smallest absolute Gasteiger partial charge is 0.276 e. The molecule has 1 heterocycles. The summed E-state index contributed by atoms with van der Waals surface area (Å²) < 4.78 is 18.6. The van der Waals surface area contributed by atoms with Crippen molar-refractivity contribution < 1.29 is 18.7 Å². The average Bonchev–Trinajstić information content (AvgIpc) is 2.81. The van der Waals surface area contributed by atoms with E-state index in [1.54, 1.807) is 36.4 Å². The van der Waals surface area contributed by atoms with Crippen LogP contribution in [0.2, 0.25) is 0 Å². The molecule has 1 aromatic heterocycles. The summed E-state index contributed by atoms with van der Waals surface area (Å²) in [6.45, 7) is 0. The fourth-order valence-electron chi connectivity index (χ4n) is 2.78. The monoisotopic (exact) mass is 413 g/mol. The first-order valence-electron chi connectivity index (χ1n) is 9.37. The Labute approximate surface area is 177 Å². The predicted molar refractivity (Wildman–Crippen MR) is 113 cm³/mol. The Morgan fingerprint density at radius 1 is 0.742 bits per heavy atom. The Balaban J connectivity index is 1.39. The zero-order chi connectivity index (χ0) is 21.6. The molecule has 3 aromatic carbocycles. The van der Waals surface area contributed by atoms with Crippen LogP contribution in [0.25, 0.3) is 0 Å². The largest absolute Gasteiger partial charge is 0.438 e. The third-order valence-corrected chi connectivity index (χ3v) is 4.35. The third kappa shape index (κ3) is 4.97. The van der Waals surface area contributed by atoms with Crippen molar-refractivity contribution in [2.24, 2.45) is 0 Å². The number of aromatic nitrogens is 2. The summed E-state index contributed by atoms with van der Waals surface area (Å²) in [5.41, 5.74) is 1.64. The number of amides is 1. The third-order valence-electron chi connectivity index (χ3n) is 4.35. The van der Waals surface area contributed by atoms with E-state index in [0.29, 0.717) is 22.6 Å². The SMILES string of the molecule is O=C(c1ccc(F)cc1)c1ccc(Oc2ccc(C(=O)Nc3ccccc3)nn2)cc1. The van der Waals surface area contributed by atoms with Crippen LogP contribution in [0.3, 0.4) is 0 Å². The number of hydrogen-bond donors (Lipinski definition) is 1.